The zero-order valence-electron chi connectivity index (χ0n) is 14.9. The zero-order valence-corrected chi connectivity index (χ0v) is 14.9. The van der Waals surface area contributed by atoms with Crippen LogP contribution in [0.2, 0.25) is 0 Å². The van der Waals surface area contributed by atoms with E-state index in [2.05, 4.69) is 20.3 Å². The first kappa shape index (κ1) is 18.2. The van der Waals surface area contributed by atoms with Gasteiger partial charge in [-0.25, -0.2) is 9.97 Å². The third-order valence-corrected chi connectivity index (χ3v) is 4.37. The number of hydrogen-bond donors (Lipinski definition) is 2. The number of pyridine rings is 1. The molecule has 0 spiro atoms. The van der Waals surface area contributed by atoms with Gasteiger partial charge in [0, 0.05) is 44.4 Å². The summed E-state index contributed by atoms with van der Waals surface area (Å²) in [7, 11) is 1.88. The molecule has 1 aliphatic rings. The van der Waals surface area contributed by atoms with E-state index >= 15 is 0 Å². The molecule has 2 N–H and O–H groups in total. The lowest BCUT2D eigenvalue weighted by Crippen LogP contribution is -2.47. The first-order valence-electron chi connectivity index (χ1n) is 8.63. The summed E-state index contributed by atoms with van der Waals surface area (Å²) < 4.78 is 0. The standard InChI is InChI=1S/C18H24N6O2/c1-23(11-15-4-2-6-19-10-15)12-16(25)22-13-18(26)5-9-24(14-18)17-20-7-3-8-21-17/h2-4,6-8,10,26H,5,9,11-14H2,1H3,(H,22,25)/t18-/m1/s1. The quantitative estimate of drug-likeness (QED) is 0.724. The Hall–Kier alpha value is -2.58. The second kappa shape index (κ2) is 8.20. The molecule has 1 saturated heterocycles. The number of carbonyl (C=O) groups is 1. The van der Waals surface area contributed by atoms with Crippen molar-refractivity contribution in [2.45, 2.75) is 18.6 Å². The van der Waals surface area contributed by atoms with Crippen molar-refractivity contribution in [3.63, 3.8) is 0 Å². The van der Waals surface area contributed by atoms with Crippen molar-refractivity contribution in [3.8, 4) is 0 Å². The molecule has 1 atom stereocenters. The lowest BCUT2D eigenvalue weighted by atomic mass is 10.0. The van der Waals surface area contributed by atoms with Crippen LogP contribution in [0, 0.1) is 0 Å². The number of anilines is 1. The Morgan fingerprint density at radius 2 is 2.15 bits per heavy atom. The van der Waals surface area contributed by atoms with Crippen LogP contribution in [-0.4, -0.2) is 69.7 Å². The minimum atomic E-state index is -0.962. The fourth-order valence-corrected chi connectivity index (χ4v) is 3.05. The highest BCUT2D eigenvalue weighted by molar-refractivity contribution is 5.78. The number of amides is 1. The number of β-amino-alcohol motifs (C(OH)–C–C–N with tert-alkyl or cyclic N) is 1. The molecule has 1 aliphatic heterocycles. The summed E-state index contributed by atoms with van der Waals surface area (Å²) in [5.41, 5.74) is 0.0901. The van der Waals surface area contributed by atoms with Crippen LogP contribution in [-0.2, 0) is 11.3 Å². The number of aromatic nitrogens is 3. The molecule has 8 nitrogen and oxygen atoms in total. The zero-order chi connectivity index (χ0) is 18.4. The number of rotatable bonds is 7. The molecule has 3 rings (SSSR count). The monoisotopic (exact) mass is 356 g/mol. The van der Waals surface area contributed by atoms with E-state index < -0.39 is 5.60 Å². The summed E-state index contributed by atoms with van der Waals surface area (Å²) in [4.78, 5) is 28.5. The molecule has 0 unspecified atom stereocenters. The molecule has 8 heteroatoms. The highest BCUT2D eigenvalue weighted by Gasteiger charge is 2.37. The Labute approximate surface area is 152 Å². The van der Waals surface area contributed by atoms with Crippen LogP contribution in [0.25, 0.3) is 0 Å². The van der Waals surface area contributed by atoms with Crippen molar-refractivity contribution in [3.05, 3.63) is 48.5 Å². The number of likely N-dealkylation sites (N-methyl/N-ethyl adjacent to an activating group) is 1. The van der Waals surface area contributed by atoms with Gasteiger partial charge in [0.15, 0.2) is 0 Å². The van der Waals surface area contributed by atoms with E-state index in [1.54, 1.807) is 30.9 Å². The summed E-state index contributed by atoms with van der Waals surface area (Å²) in [6.07, 6.45) is 7.44. The van der Waals surface area contributed by atoms with Gasteiger partial charge in [-0.1, -0.05) is 6.07 Å². The fourth-order valence-electron chi connectivity index (χ4n) is 3.05. The van der Waals surface area contributed by atoms with E-state index in [1.807, 2.05) is 29.0 Å². The Kier molecular flexibility index (Phi) is 5.75. The predicted molar refractivity (Wildman–Crippen MR) is 97.4 cm³/mol. The van der Waals surface area contributed by atoms with Gasteiger partial charge in [-0.3, -0.25) is 14.7 Å². The number of nitrogens with zero attached hydrogens (tertiary/aromatic N) is 5. The summed E-state index contributed by atoms with van der Waals surface area (Å²) in [6.45, 7) is 2.19. The molecule has 3 heterocycles. The van der Waals surface area contributed by atoms with Gasteiger partial charge in [-0.2, -0.15) is 0 Å². The van der Waals surface area contributed by atoms with Crippen LogP contribution in [0.5, 0.6) is 0 Å². The number of carbonyl (C=O) groups excluding carboxylic acids is 1. The first-order chi connectivity index (χ1) is 12.5. The first-order valence-corrected chi connectivity index (χ1v) is 8.63. The van der Waals surface area contributed by atoms with Gasteiger partial charge < -0.3 is 15.3 Å². The topological polar surface area (TPSA) is 94.5 Å². The third kappa shape index (κ3) is 4.96. The van der Waals surface area contributed by atoms with E-state index in [1.165, 1.54) is 0 Å². The Morgan fingerprint density at radius 1 is 1.35 bits per heavy atom. The molecule has 1 amide bonds. The molecular formula is C18H24N6O2. The summed E-state index contributed by atoms with van der Waals surface area (Å²) >= 11 is 0. The Bertz CT molecular complexity index is 714. The van der Waals surface area contributed by atoms with Crippen molar-refractivity contribution >= 4 is 11.9 Å². The van der Waals surface area contributed by atoms with Gasteiger partial charge in [0.1, 0.15) is 5.60 Å². The minimum absolute atomic E-state index is 0.112. The van der Waals surface area contributed by atoms with Crippen molar-refractivity contribution in [2.24, 2.45) is 0 Å². The molecule has 2 aromatic heterocycles. The van der Waals surface area contributed by atoms with E-state index in [4.69, 9.17) is 0 Å². The van der Waals surface area contributed by atoms with Crippen LogP contribution in [0.1, 0.15) is 12.0 Å². The number of hydrogen-bond acceptors (Lipinski definition) is 7. The molecule has 1 fully saturated rings. The minimum Gasteiger partial charge on any atom is -0.386 e. The van der Waals surface area contributed by atoms with Crippen molar-refractivity contribution < 1.29 is 9.90 Å². The molecule has 0 aromatic carbocycles. The molecule has 26 heavy (non-hydrogen) atoms. The van der Waals surface area contributed by atoms with Crippen molar-refractivity contribution in [1.82, 2.24) is 25.2 Å². The molecular weight excluding hydrogens is 332 g/mol. The smallest absolute Gasteiger partial charge is 0.234 e. The summed E-state index contributed by atoms with van der Waals surface area (Å²) in [5.74, 6) is 0.491. The van der Waals surface area contributed by atoms with Gasteiger partial charge in [0.05, 0.1) is 13.1 Å². The maximum absolute atomic E-state index is 12.2. The average molecular weight is 356 g/mol. The van der Waals surface area contributed by atoms with Crippen molar-refractivity contribution in [1.29, 1.82) is 0 Å². The normalized spacial score (nSPS) is 19.7. The van der Waals surface area contributed by atoms with Gasteiger partial charge in [-0.15, -0.1) is 0 Å². The second-order valence-corrected chi connectivity index (χ2v) is 6.75. The van der Waals surface area contributed by atoms with Gasteiger partial charge in [0.25, 0.3) is 0 Å². The lowest BCUT2D eigenvalue weighted by molar-refractivity contribution is -0.123. The molecule has 138 valence electrons. The van der Waals surface area contributed by atoms with E-state index in [0.717, 1.165) is 5.56 Å². The highest BCUT2D eigenvalue weighted by atomic mass is 16.3. The van der Waals surface area contributed by atoms with Gasteiger partial charge >= 0.3 is 0 Å². The predicted octanol–water partition coefficient (Wildman–Crippen LogP) is 0.0610. The van der Waals surface area contributed by atoms with Crippen LogP contribution < -0.4 is 10.2 Å². The summed E-state index contributed by atoms with van der Waals surface area (Å²) in [6, 6.07) is 5.61. The maximum Gasteiger partial charge on any atom is 0.234 e. The van der Waals surface area contributed by atoms with E-state index in [9.17, 15) is 9.90 Å². The van der Waals surface area contributed by atoms with Crippen LogP contribution in [0.3, 0.4) is 0 Å². The average Bonchev–Trinajstić information content (AvgIpc) is 3.04. The molecule has 2 aromatic rings. The fraction of sp³-hybridized carbons (Fsp3) is 0.444. The van der Waals surface area contributed by atoms with Crippen molar-refractivity contribution in [2.75, 3.05) is 38.1 Å². The molecule has 0 radical (unpaired) electrons. The highest BCUT2D eigenvalue weighted by Crippen LogP contribution is 2.23. The van der Waals surface area contributed by atoms with E-state index in [-0.39, 0.29) is 19.0 Å². The summed E-state index contributed by atoms with van der Waals surface area (Å²) in [5, 5.41) is 13.5. The maximum atomic E-state index is 12.2. The Morgan fingerprint density at radius 3 is 2.88 bits per heavy atom. The largest absolute Gasteiger partial charge is 0.386 e. The second-order valence-electron chi connectivity index (χ2n) is 6.75. The third-order valence-electron chi connectivity index (χ3n) is 4.37. The number of aliphatic hydroxyl groups is 1. The lowest BCUT2D eigenvalue weighted by Gasteiger charge is -2.24. The molecule has 0 aliphatic carbocycles. The van der Waals surface area contributed by atoms with E-state index in [0.29, 0.717) is 32.0 Å². The van der Waals surface area contributed by atoms with Gasteiger partial charge in [0.2, 0.25) is 11.9 Å². The SMILES string of the molecule is CN(CC(=O)NC[C@]1(O)CCN(c2ncccn2)C1)Cc1cccnc1. The van der Waals surface area contributed by atoms with Crippen LogP contribution in [0.4, 0.5) is 5.95 Å². The Balaban J connectivity index is 1.44. The number of nitrogens with one attached hydrogen (secondary N) is 1. The van der Waals surface area contributed by atoms with Gasteiger partial charge in [-0.05, 0) is 31.2 Å². The molecule has 0 saturated carbocycles. The molecule has 0 bridgehead atoms. The van der Waals surface area contributed by atoms with Crippen LogP contribution >= 0.6 is 0 Å². The van der Waals surface area contributed by atoms with Crippen LogP contribution in [0.15, 0.2) is 43.0 Å².